The summed E-state index contributed by atoms with van der Waals surface area (Å²) in [5.41, 5.74) is 1.11. The van der Waals surface area contributed by atoms with Gasteiger partial charge in [0.25, 0.3) is 0 Å². The van der Waals surface area contributed by atoms with Gasteiger partial charge in [0, 0.05) is 6.92 Å². The second kappa shape index (κ2) is 4.39. The smallest absolute Gasteiger partial charge is 0.217 e. The molecule has 98 valence electrons. The zero-order valence-corrected chi connectivity index (χ0v) is 11.4. The molecule has 4 unspecified atom stereocenters. The Hall–Kier alpha value is -1.35. The van der Waals surface area contributed by atoms with Crippen molar-refractivity contribution in [2.45, 2.75) is 39.3 Å². The van der Waals surface area contributed by atoms with E-state index in [2.05, 4.69) is 12.2 Å². The molecule has 18 heavy (non-hydrogen) atoms. The van der Waals surface area contributed by atoms with Crippen molar-refractivity contribution in [2.75, 3.05) is 0 Å². The first-order valence-corrected chi connectivity index (χ1v) is 6.44. The van der Waals surface area contributed by atoms with Crippen LogP contribution in [0.4, 0.5) is 0 Å². The number of hydrogen-bond donors (Lipinski definition) is 2. The second-order valence-electron chi connectivity index (χ2n) is 5.52. The number of aliphatic hydroxyl groups is 1. The maximum Gasteiger partial charge on any atom is 0.217 e. The molecule has 0 aromatic heterocycles. The molecule has 4 atom stereocenters. The predicted molar refractivity (Wildman–Crippen MR) is 71.0 cm³/mol. The van der Waals surface area contributed by atoms with E-state index in [1.54, 1.807) is 0 Å². The number of rotatable bonds is 2. The number of amides is 1. The van der Waals surface area contributed by atoms with Crippen LogP contribution in [0, 0.1) is 18.8 Å². The highest BCUT2D eigenvalue weighted by atomic mass is 16.3. The Morgan fingerprint density at radius 2 is 1.83 bits per heavy atom. The Bertz CT molecular complexity index is 454. The van der Waals surface area contributed by atoms with Crippen LogP contribution in [0.3, 0.4) is 0 Å². The average Bonchev–Trinajstić information content (AvgIpc) is 2.35. The molecule has 0 spiro atoms. The average molecular weight is 247 g/mol. The SMILES string of the molecule is CC(=O)NC1C(C)C(C)C1(O)c1ccc(C)cc1. The van der Waals surface area contributed by atoms with Gasteiger partial charge in [0.05, 0.1) is 6.04 Å². The molecular formula is C15H21NO2. The zero-order valence-electron chi connectivity index (χ0n) is 11.4. The summed E-state index contributed by atoms with van der Waals surface area (Å²) in [7, 11) is 0. The quantitative estimate of drug-likeness (QED) is 0.839. The molecule has 3 heteroatoms. The van der Waals surface area contributed by atoms with E-state index in [-0.39, 0.29) is 23.8 Å². The molecule has 2 rings (SSSR count). The van der Waals surface area contributed by atoms with Crippen LogP contribution in [0.25, 0.3) is 0 Å². The molecule has 3 nitrogen and oxygen atoms in total. The van der Waals surface area contributed by atoms with Gasteiger partial charge in [-0.15, -0.1) is 0 Å². The summed E-state index contributed by atoms with van der Waals surface area (Å²) >= 11 is 0. The van der Waals surface area contributed by atoms with Crippen molar-refractivity contribution in [1.29, 1.82) is 0 Å². The van der Waals surface area contributed by atoms with Gasteiger partial charge in [-0.3, -0.25) is 4.79 Å². The molecule has 1 aromatic carbocycles. The van der Waals surface area contributed by atoms with Crippen LogP contribution < -0.4 is 5.32 Å². The van der Waals surface area contributed by atoms with Gasteiger partial charge in [0.1, 0.15) is 5.60 Å². The molecule has 0 heterocycles. The lowest BCUT2D eigenvalue weighted by Gasteiger charge is -2.56. The van der Waals surface area contributed by atoms with E-state index < -0.39 is 5.60 Å². The Morgan fingerprint density at radius 1 is 1.28 bits per heavy atom. The standard InChI is InChI=1S/C15H21NO2/c1-9-5-7-13(8-6-9)15(18)11(3)10(2)14(15)16-12(4)17/h5-8,10-11,14,18H,1-4H3,(H,16,17). The van der Waals surface area contributed by atoms with E-state index in [0.717, 1.165) is 5.56 Å². The second-order valence-corrected chi connectivity index (χ2v) is 5.52. The third kappa shape index (κ3) is 1.83. The lowest BCUT2D eigenvalue weighted by molar-refractivity contribution is -0.170. The van der Waals surface area contributed by atoms with Gasteiger partial charge < -0.3 is 10.4 Å². The van der Waals surface area contributed by atoms with Gasteiger partial charge in [-0.1, -0.05) is 43.7 Å². The molecule has 2 N–H and O–H groups in total. The highest BCUT2D eigenvalue weighted by Crippen LogP contribution is 2.50. The molecule has 1 aromatic rings. The number of aryl methyl sites for hydroxylation is 1. The first-order valence-electron chi connectivity index (χ1n) is 6.44. The molecule has 0 radical (unpaired) electrons. The molecule has 1 aliphatic carbocycles. The molecule has 1 amide bonds. The first-order chi connectivity index (χ1) is 8.37. The van der Waals surface area contributed by atoms with Crippen LogP contribution in [-0.4, -0.2) is 17.1 Å². The molecule has 0 bridgehead atoms. The number of hydrogen-bond acceptors (Lipinski definition) is 2. The van der Waals surface area contributed by atoms with Crippen LogP contribution in [0.1, 0.15) is 31.9 Å². The van der Waals surface area contributed by atoms with Crippen LogP contribution >= 0.6 is 0 Å². The van der Waals surface area contributed by atoms with Crippen molar-refractivity contribution in [2.24, 2.45) is 11.8 Å². The Labute approximate surface area is 108 Å². The van der Waals surface area contributed by atoms with E-state index in [0.29, 0.717) is 0 Å². The van der Waals surface area contributed by atoms with Crippen LogP contribution in [-0.2, 0) is 10.4 Å². The minimum atomic E-state index is -0.946. The van der Waals surface area contributed by atoms with Crippen LogP contribution in [0.2, 0.25) is 0 Å². The summed E-state index contributed by atoms with van der Waals surface area (Å²) < 4.78 is 0. The Kier molecular flexibility index (Phi) is 3.20. The molecule has 0 saturated heterocycles. The van der Waals surface area contributed by atoms with E-state index in [4.69, 9.17) is 0 Å². The largest absolute Gasteiger partial charge is 0.383 e. The van der Waals surface area contributed by atoms with Gasteiger partial charge in [-0.05, 0) is 24.3 Å². The lowest BCUT2D eigenvalue weighted by atomic mass is 9.56. The Morgan fingerprint density at radius 3 is 2.33 bits per heavy atom. The van der Waals surface area contributed by atoms with Crippen molar-refractivity contribution in [3.63, 3.8) is 0 Å². The third-order valence-electron chi connectivity index (χ3n) is 4.36. The maximum absolute atomic E-state index is 11.3. The van der Waals surface area contributed by atoms with Crippen LogP contribution in [0.15, 0.2) is 24.3 Å². The number of benzene rings is 1. The molecule has 1 aliphatic rings. The van der Waals surface area contributed by atoms with E-state index >= 15 is 0 Å². The highest BCUT2D eigenvalue weighted by Gasteiger charge is 2.58. The fraction of sp³-hybridized carbons (Fsp3) is 0.533. The highest BCUT2D eigenvalue weighted by molar-refractivity contribution is 5.73. The summed E-state index contributed by atoms with van der Waals surface area (Å²) in [5, 5.41) is 13.8. The normalized spacial score (nSPS) is 34.8. The summed E-state index contributed by atoms with van der Waals surface area (Å²) in [5.74, 6) is 0.321. The van der Waals surface area contributed by atoms with Crippen molar-refractivity contribution in [1.82, 2.24) is 5.32 Å². The molecule has 1 fully saturated rings. The zero-order chi connectivity index (χ0) is 13.5. The topological polar surface area (TPSA) is 49.3 Å². The molecule has 0 aliphatic heterocycles. The van der Waals surface area contributed by atoms with Gasteiger partial charge >= 0.3 is 0 Å². The number of carbonyl (C=O) groups is 1. The molecular weight excluding hydrogens is 226 g/mol. The van der Waals surface area contributed by atoms with Crippen molar-refractivity contribution < 1.29 is 9.90 Å². The fourth-order valence-corrected chi connectivity index (χ4v) is 2.98. The van der Waals surface area contributed by atoms with Gasteiger partial charge in [0.15, 0.2) is 0 Å². The Balaban J connectivity index is 2.32. The van der Waals surface area contributed by atoms with Gasteiger partial charge in [-0.25, -0.2) is 0 Å². The molecule has 1 saturated carbocycles. The van der Waals surface area contributed by atoms with Crippen molar-refractivity contribution in [3.05, 3.63) is 35.4 Å². The third-order valence-corrected chi connectivity index (χ3v) is 4.36. The maximum atomic E-state index is 11.3. The lowest BCUT2D eigenvalue weighted by Crippen LogP contribution is -2.68. The van der Waals surface area contributed by atoms with E-state index in [1.807, 2.05) is 38.1 Å². The predicted octanol–water partition coefficient (Wildman–Crippen LogP) is 1.97. The fourth-order valence-electron chi connectivity index (χ4n) is 2.98. The van der Waals surface area contributed by atoms with Crippen molar-refractivity contribution >= 4 is 5.91 Å². The van der Waals surface area contributed by atoms with Crippen LogP contribution in [0.5, 0.6) is 0 Å². The minimum Gasteiger partial charge on any atom is -0.383 e. The summed E-state index contributed by atoms with van der Waals surface area (Å²) in [4.78, 5) is 11.3. The number of carbonyl (C=O) groups excluding carboxylic acids is 1. The summed E-state index contributed by atoms with van der Waals surface area (Å²) in [6.07, 6.45) is 0. The van der Waals surface area contributed by atoms with Gasteiger partial charge in [-0.2, -0.15) is 0 Å². The summed E-state index contributed by atoms with van der Waals surface area (Å²) in [6, 6.07) is 7.69. The number of nitrogens with one attached hydrogen (secondary N) is 1. The van der Waals surface area contributed by atoms with E-state index in [9.17, 15) is 9.90 Å². The minimum absolute atomic E-state index is 0.0933. The monoisotopic (exact) mass is 247 g/mol. The summed E-state index contributed by atoms with van der Waals surface area (Å²) in [6.45, 7) is 7.61. The first kappa shape index (κ1) is 13.1. The van der Waals surface area contributed by atoms with E-state index in [1.165, 1.54) is 12.5 Å². The van der Waals surface area contributed by atoms with Gasteiger partial charge in [0.2, 0.25) is 5.91 Å². The van der Waals surface area contributed by atoms with Crippen molar-refractivity contribution in [3.8, 4) is 0 Å².